The second-order valence-corrected chi connectivity index (χ2v) is 7.81. The largest absolute Gasteiger partial charge is 0.489 e. The van der Waals surface area contributed by atoms with Crippen molar-refractivity contribution in [2.45, 2.75) is 19.4 Å². The molecule has 168 valence electrons. The van der Waals surface area contributed by atoms with Crippen LogP contribution in [-0.2, 0) is 16.1 Å². The fourth-order valence-corrected chi connectivity index (χ4v) is 3.88. The van der Waals surface area contributed by atoms with Crippen LogP contribution in [0.5, 0.6) is 11.5 Å². The Morgan fingerprint density at radius 1 is 1.09 bits per heavy atom. The minimum atomic E-state index is -0.617. The number of halogens is 1. The summed E-state index contributed by atoms with van der Waals surface area (Å²) in [7, 11) is 1.56. The Morgan fingerprint density at radius 3 is 2.69 bits per heavy atom. The summed E-state index contributed by atoms with van der Waals surface area (Å²) >= 11 is 6.28. The van der Waals surface area contributed by atoms with Crippen LogP contribution in [0.25, 0.3) is 0 Å². The van der Waals surface area contributed by atoms with Gasteiger partial charge in [0.2, 0.25) is 0 Å². The highest BCUT2D eigenvalue weighted by Gasteiger charge is 2.35. The van der Waals surface area contributed by atoms with Gasteiger partial charge in [0.25, 0.3) is 11.8 Å². The van der Waals surface area contributed by atoms with Crippen molar-refractivity contribution in [1.29, 1.82) is 0 Å². The molecule has 2 heterocycles. The Kier molecular flexibility index (Phi) is 6.62. The molecule has 0 atom stereocenters. The Labute approximate surface area is 189 Å². The molecule has 0 bridgehead atoms. The van der Waals surface area contributed by atoms with Gasteiger partial charge in [-0.3, -0.25) is 14.5 Å². The first-order valence-corrected chi connectivity index (χ1v) is 10.6. The van der Waals surface area contributed by atoms with Crippen LogP contribution in [0.1, 0.15) is 49.5 Å². The van der Waals surface area contributed by atoms with Crippen molar-refractivity contribution in [3.05, 3.63) is 57.6 Å². The average Bonchev–Trinajstić information content (AvgIpc) is 2.94. The second-order valence-electron chi connectivity index (χ2n) is 7.40. The van der Waals surface area contributed by atoms with Crippen LogP contribution in [0.4, 0.5) is 0 Å². The van der Waals surface area contributed by atoms with E-state index >= 15 is 0 Å². The van der Waals surface area contributed by atoms with E-state index in [1.54, 1.807) is 19.2 Å². The number of carbonyl (C=O) groups excluding carboxylic acids is 3. The molecule has 0 saturated heterocycles. The SMILES string of the molecule is COCCCN1C(=O)c2ccc(C(=O)OCc3cc(Cl)c4c(c3)OCCCO4)cc2C1=O. The first-order chi connectivity index (χ1) is 15.5. The summed E-state index contributed by atoms with van der Waals surface area (Å²) in [6.07, 6.45) is 1.29. The zero-order valence-electron chi connectivity index (χ0n) is 17.5. The molecule has 9 heteroatoms. The van der Waals surface area contributed by atoms with Crippen molar-refractivity contribution in [2.75, 3.05) is 33.5 Å². The molecule has 0 unspecified atom stereocenters. The van der Waals surface area contributed by atoms with E-state index in [0.717, 1.165) is 6.42 Å². The first kappa shape index (κ1) is 22.1. The highest BCUT2D eigenvalue weighted by molar-refractivity contribution is 6.32. The maximum absolute atomic E-state index is 12.6. The molecule has 0 N–H and O–H groups in total. The van der Waals surface area contributed by atoms with E-state index in [9.17, 15) is 14.4 Å². The van der Waals surface area contributed by atoms with Crippen LogP contribution < -0.4 is 9.47 Å². The minimum absolute atomic E-state index is 0.0394. The number of methoxy groups -OCH3 is 1. The van der Waals surface area contributed by atoms with Crippen molar-refractivity contribution in [1.82, 2.24) is 4.90 Å². The molecule has 2 aromatic rings. The van der Waals surface area contributed by atoms with Gasteiger partial charge in [0.15, 0.2) is 11.5 Å². The van der Waals surface area contributed by atoms with Crippen LogP contribution in [0, 0.1) is 0 Å². The number of ether oxygens (including phenoxy) is 4. The predicted molar refractivity (Wildman–Crippen MR) is 114 cm³/mol. The van der Waals surface area contributed by atoms with Gasteiger partial charge in [-0.15, -0.1) is 0 Å². The van der Waals surface area contributed by atoms with E-state index < -0.39 is 11.9 Å². The van der Waals surface area contributed by atoms with Crippen LogP contribution in [0.3, 0.4) is 0 Å². The van der Waals surface area contributed by atoms with Gasteiger partial charge in [0.1, 0.15) is 6.61 Å². The van der Waals surface area contributed by atoms with E-state index in [-0.39, 0.29) is 35.7 Å². The lowest BCUT2D eigenvalue weighted by Crippen LogP contribution is -2.31. The normalized spacial score (nSPS) is 14.9. The van der Waals surface area contributed by atoms with Crippen molar-refractivity contribution < 1.29 is 33.3 Å². The monoisotopic (exact) mass is 459 g/mol. The summed E-state index contributed by atoms with van der Waals surface area (Å²) in [5.41, 5.74) is 1.30. The Balaban J connectivity index is 1.45. The Morgan fingerprint density at radius 2 is 1.88 bits per heavy atom. The molecule has 32 heavy (non-hydrogen) atoms. The van der Waals surface area contributed by atoms with Crippen LogP contribution in [-0.4, -0.2) is 56.2 Å². The lowest BCUT2D eigenvalue weighted by molar-refractivity contribution is 0.0472. The smallest absolute Gasteiger partial charge is 0.338 e. The number of imide groups is 1. The second kappa shape index (κ2) is 9.58. The molecule has 2 aliphatic heterocycles. The summed E-state index contributed by atoms with van der Waals surface area (Å²) in [5.74, 6) is -0.422. The number of amides is 2. The zero-order valence-corrected chi connectivity index (χ0v) is 18.3. The first-order valence-electron chi connectivity index (χ1n) is 10.2. The number of hydrogen-bond donors (Lipinski definition) is 0. The molecule has 0 aromatic heterocycles. The number of hydrogen-bond acceptors (Lipinski definition) is 7. The number of carbonyl (C=O) groups is 3. The number of esters is 1. The summed E-state index contributed by atoms with van der Waals surface area (Å²) in [6.45, 7) is 1.68. The van der Waals surface area contributed by atoms with Crippen molar-refractivity contribution in [3.63, 3.8) is 0 Å². The summed E-state index contributed by atoms with van der Waals surface area (Å²) in [4.78, 5) is 38.9. The number of nitrogens with zero attached hydrogens (tertiary/aromatic N) is 1. The van der Waals surface area contributed by atoms with Gasteiger partial charge in [0, 0.05) is 26.7 Å². The molecule has 0 radical (unpaired) electrons. The molecule has 0 saturated carbocycles. The lowest BCUT2D eigenvalue weighted by atomic mass is 10.1. The Hall–Kier alpha value is -3.10. The van der Waals surface area contributed by atoms with E-state index in [0.29, 0.717) is 48.3 Å². The third kappa shape index (κ3) is 4.42. The van der Waals surface area contributed by atoms with E-state index in [4.69, 9.17) is 30.5 Å². The highest BCUT2D eigenvalue weighted by atomic mass is 35.5. The highest BCUT2D eigenvalue weighted by Crippen LogP contribution is 2.38. The molecule has 0 fully saturated rings. The average molecular weight is 460 g/mol. The van der Waals surface area contributed by atoms with Crippen molar-refractivity contribution in [2.24, 2.45) is 0 Å². The summed E-state index contributed by atoms with van der Waals surface area (Å²) < 4.78 is 21.6. The third-order valence-corrected chi connectivity index (χ3v) is 5.45. The molecular formula is C23H22ClNO7. The summed E-state index contributed by atoms with van der Waals surface area (Å²) in [6, 6.07) is 7.74. The molecule has 0 spiro atoms. The van der Waals surface area contributed by atoms with Crippen LogP contribution in [0.15, 0.2) is 30.3 Å². The molecular weight excluding hydrogens is 438 g/mol. The fraction of sp³-hybridized carbons (Fsp3) is 0.348. The van der Waals surface area contributed by atoms with Gasteiger partial charge < -0.3 is 18.9 Å². The Bertz CT molecular complexity index is 1070. The molecule has 2 aromatic carbocycles. The fourth-order valence-electron chi connectivity index (χ4n) is 3.59. The molecule has 2 amide bonds. The number of benzene rings is 2. The molecule has 2 aliphatic rings. The van der Waals surface area contributed by atoms with E-state index in [2.05, 4.69) is 0 Å². The summed E-state index contributed by atoms with van der Waals surface area (Å²) in [5, 5.41) is 0.380. The quantitative estimate of drug-likeness (QED) is 0.355. The van der Waals surface area contributed by atoms with Gasteiger partial charge in [0.05, 0.1) is 34.9 Å². The third-order valence-electron chi connectivity index (χ3n) is 5.17. The minimum Gasteiger partial charge on any atom is -0.489 e. The molecule has 4 rings (SSSR count). The van der Waals surface area contributed by atoms with E-state index in [1.807, 2.05) is 0 Å². The number of fused-ring (bicyclic) bond motifs is 2. The van der Waals surface area contributed by atoms with Gasteiger partial charge in [-0.1, -0.05) is 11.6 Å². The zero-order chi connectivity index (χ0) is 22.7. The molecule has 0 aliphatic carbocycles. The topological polar surface area (TPSA) is 91.4 Å². The van der Waals surface area contributed by atoms with Crippen LogP contribution >= 0.6 is 11.6 Å². The standard InChI is InChI=1S/C23H22ClNO7/c1-29-7-2-6-25-21(26)16-5-4-15(12-17(16)22(25)27)23(28)32-13-14-10-18(24)20-19(11-14)30-8-3-9-31-20/h4-5,10-12H,2-3,6-9,13H2,1H3. The van der Waals surface area contributed by atoms with E-state index in [1.165, 1.54) is 23.1 Å². The van der Waals surface area contributed by atoms with Gasteiger partial charge >= 0.3 is 5.97 Å². The predicted octanol–water partition coefficient (Wildman–Crippen LogP) is 3.49. The van der Waals surface area contributed by atoms with Gasteiger partial charge in [-0.05, 0) is 42.3 Å². The van der Waals surface area contributed by atoms with Crippen molar-refractivity contribution >= 4 is 29.4 Å². The molecule has 8 nitrogen and oxygen atoms in total. The van der Waals surface area contributed by atoms with Crippen molar-refractivity contribution in [3.8, 4) is 11.5 Å². The van der Waals surface area contributed by atoms with Gasteiger partial charge in [-0.2, -0.15) is 0 Å². The van der Waals surface area contributed by atoms with Crippen LogP contribution in [0.2, 0.25) is 5.02 Å². The maximum Gasteiger partial charge on any atom is 0.338 e. The lowest BCUT2D eigenvalue weighted by Gasteiger charge is -2.12. The van der Waals surface area contributed by atoms with Gasteiger partial charge in [-0.25, -0.2) is 4.79 Å². The maximum atomic E-state index is 12.6. The number of rotatable bonds is 7.